The second-order valence-electron chi connectivity index (χ2n) is 8.98. The predicted octanol–water partition coefficient (Wildman–Crippen LogP) is 3.03. The lowest BCUT2D eigenvalue weighted by atomic mass is 9.80. The van der Waals surface area contributed by atoms with Crippen molar-refractivity contribution in [2.45, 2.75) is 52.6 Å². The number of nitrogens with one attached hydrogen (secondary N) is 2. The van der Waals surface area contributed by atoms with E-state index in [4.69, 9.17) is 0 Å². The third kappa shape index (κ3) is 5.36. The van der Waals surface area contributed by atoms with Crippen LogP contribution in [0, 0.1) is 23.0 Å². The van der Waals surface area contributed by atoms with E-state index in [0.717, 1.165) is 23.8 Å². The van der Waals surface area contributed by atoms with Crippen LogP contribution in [0.5, 0.6) is 0 Å². The Labute approximate surface area is 185 Å². The van der Waals surface area contributed by atoms with Gasteiger partial charge in [0.2, 0.25) is 11.8 Å². The molecule has 3 atom stereocenters. The van der Waals surface area contributed by atoms with Gasteiger partial charge in [0.05, 0.1) is 17.5 Å². The average molecular weight is 443 g/mol. The van der Waals surface area contributed by atoms with Crippen molar-refractivity contribution in [1.29, 1.82) is 0 Å². The largest absolute Gasteiger partial charge is 0.344 e. The van der Waals surface area contributed by atoms with Crippen LogP contribution in [0.1, 0.15) is 39.7 Å². The fourth-order valence-electron chi connectivity index (χ4n) is 3.77. The van der Waals surface area contributed by atoms with Gasteiger partial charge in [-0.3, -0.25) is 19.4 Å². The van der Waals surface area contributed by atoms with Crippen molar-refractivity contribution in [1.82, 2.24) is 10.6 Å². The number of benzene rings is 1. The summed E-state index contributed by atoms with van der Waals surface area (Å²) >= 11 is 0. The summed E-state index contributed by atoms with van der Waals surface area (Å²) in [4.78, 5) is 42.8. The van der Waals surface area contributed by atoms with E-state index >= 15 is 0 Å². The second kappa shape index (κ2) is 9.14. The number of Topliss-reactive ketones (excluding diaryl/α,β-unsaturated/α-hetero) is 1. The van der Waals surface area contributed by atoms with E-state index in [9.17, 15) is 23.2 Å². The molecule has 0 aromatic heterocycles. The van der Waals surface area contributed by atoms with Crippen LogP contribution in [0.4, 0.5) is 8.78 Å². The highest BCUT2D eigenvalue weighted by atomic mass is 19.1. The van der Waals surface area contributed by atoms with Crippen LogP contribution in [0.2, 0.25) is 0 Å². The van der Waals surface area contributed by atoms with Crippen LogP contribution >= 0.6 is 0 Å². The van der Waals surface area contributed by atoms with Crippen molar-refractivity contribution in [2.75, 3.05) is 0 Å². The molecule has 0 fully saturated rings. The first-order valence-electron chi connectivity index (χ1n) is 10.5. The molecular formula is C24H27F2N3O3. The highest BCUT2D eigenvalue weighted by molar-refractivity contribution is 6.06. The number of carbonyl (C=O) groups is 3. The smallest absolute Gasteiger partial charge is 0.243 e. The Bertz CT molecular complexity index is 1020. The number of aliphatic imine (C=N–C) groups is 1. The number of halogens is 2. The number of hydrogen-bond donors (Lipinski definition) is 2. The normalized spacial score (nSPS) is 22.8. The van der Waals surface area contributed by atoms with Gasteiger partial charge in [0, 0.05) is 12.3 Å². The lowest BCUT2D eigenvalue weighted by Gasteiger charge is -2.29. The third-order valence-electron chi connectivity index (χ3n) is 5.57. The molecule has 3 rings (SSSR count). The van der Waals surface area contributed by atoms with Gasteiger partial charge < -0.3 is 10.6 Å². The van der Waals surface area contributed by atoms with Crippen molar-refractivity contribution in [3.05, 3.63) is 58.8 Å². The van der Waals surface area contributed by atoms with Crippen molar-refractivity contribution in [3.8, 4) is 0 Å². The number of amides is 2. The SMILES string of the molecule is CC1C=CC2=C(C1)C(NC(=O)[C@H](C)NC(=O)Cc1cc(F)cc(F)c1)C(=O)C(C)(C)C=N2. The lowest BCUT2D eigenvalue weighted by molar-refractivity contribution is -0.132. The molecule has 1 aliphatic carbocycles. The minimum atomic E-state index is -0.957. The molecule has 2 amide bonds. The molecule has 8 heteroatoms. The summed E-state index contributed by atoms with van der Waals surface area (Å²) in [7, 11) is 0. The van der Waals surface area contributed by atoms with Gasteiger partial charge in [-0.05, 0) is 62.5 Å². The maximum atomic E-state index is 13.3. The molecule has 0 spiro atoms. The van der Waals surface area contributed by atoms with E-state index in [1.54, 1.807) is 20.1 Å². The van der Waals surface area contributed by atoms with E-state index in [1.165, 1.54) is 6.92 Å². The Kier molecular flexibility index (Phi) is 6.71. The van der Waals surface area contributed by atoms with E-state index in [1.807, 2.05) is 19.1 Å². The van der Waals surface area contributed by atoms with Crippen LogP contribution in [-0.2, 0) is 20.8 Å². The fraction of sp³-hybridized carbons (Fsp3) is 0.417. The van der Waals surface area contributed by atoms with Crippen molar-refractivity contribution in [2.24, 2.45) is 16.3 Å². The summed E-state index contributed by atoms with van der Waals surface area (Å²) in [6.07, 6.45) is 5.77. The summed E-state index contributed by atoms with van der Waals surface area (Å²) < 4.78 is 26.7. The van der Waals surface area contributed by atoms with Gasteiger partial charge in [0.15, 0.2) is 5.78 Å². The molecule has 1 aliphatic heterocycles. The predicted molar refractivity (Wildman–Crippen MR) is 117 cm³/mol. The molecule has 1 aromatic carbocycles. The fourth-order valence-corrected chi connectivity index (χ4v) is 3.77. The third-order valence-corrected chi connectivity index (χ3v) is 5.57. The van der Waals surface area contributed by atoms with Gasteiger partial charge in [0.1, 0.15) is 23.7 Å². The number of nitrogens with zero attached hydrogens (tertiary/aromatic N) is 1. The topological polar surface area (TPSA) is 87.6 Å². The first kappa shape index (κ1) is 23.5. The number of rotatable bonds is 5. The van der Waals surface area contributed by atoms with Gasteiger partial charge in [-0.15, -0.1) is 0 Å². The Balaban J connectivity index is 1.71. The van der Waals surface area contributed by atoms with Crippen molar-refractivity contribution >= 4 is 23.8 Å². The Morgan fingerprint density at radius 1 is 1.22 bits per heavy atom. The molecule has 2 aliphatic rings. The molecule has 0 saturated carbocycles. The number of allylic oxidation sites excluding steroid dienone is 2. The molecule has 0 radical (unpaired) electrons. The van der Waals surface area contributed by atoms with E-state index < -0.39 is 40.9 Å². The molecule has 0 bridgehead atoms. The van der Waals surface area contributed by atoms with Gasteiger partial charge >= 0.3 is 0 Å². The molecular weight excluding hydrogens is 416 g/mol. The molecule has 1 aromatic rings. The van der Waals surface area contributed by atoms with Crippen LogP contribution in [0.15, 0.2) is 46.6 Å². The zero-order valence-corrected chi connectivity index (χ0v) is 18.5. The zero-order valence-electron chi connectivity index (χ0n) is 18.5. The van der Waals surface area contributed by atoms with Crippen LogP contribution < -0.4 is 10.6 Å². The highest BCUT2D eigenvalue weighted by Crippen LogP contribution is 2.33. The van der Waals surface area contributed by atoms with Crippen molar-refractivity contribution in [3.63, 3.8) is 0 Å². The van der Waals surface area contributed by atoms with E-state index in [2.05, 4.69) is 15.6 Å². The first-order valence-corrected chi connectivity index (χ1v) is 10.5. The molecule has 6 nitrogen and oxygen atoms in total. The Morgan fingerprint density at radius 2 is 1.88 bits per heavy atom. The van der Waals surface area contributed by atoms with Gasteiger partial charge in [0.25, 0.3) is 0 Å². The number of hydrogen-bond acceptors (Lipinski definition) is 4. The van der Waals surface area contributed by atoms with Gasteiger partial charge in [-0.25, -0.2) is 8.78 Å². The lowest BCUT2D eigenvalue weighted by Crippen LogP contribution is -2.53. The standard InChI is InChI=1S/C24H27F2N3O3/c1-13-5-6-19-18(7-13)21(22(31)24(3,4)12-27-19)29-23(32)14(2)28-20(30)10-15-8-16(25)11-17(26)9-15/h5-6,8-9,11-14,21H,7,10H2,1-4H3,(H,28,30)(H,29,32)/t13?,14-,21?/m0/s1. The minimum Gasteiger partial charge on any atom is -0.344 e. The summed E-state index contributed by atoms with van der Waals surface area (Å²) in [5, 5.41) is 5.30. The maximum Gasteiger partial charge on any atom is 0.243 e. The van der Waals surface area contributed by atoms with Crippen molar-refractivity contribution < 1.29 is 23.2 Å². The minimum absolute atomic E-state index is 0.156. The molecule has 0 saturated heterocycles. The van der Waals surface area contributed by atoms with Crippen LogP contribution in [-0.4, -0.2) is 35.9 Å². The molecule has 2 N–H and O–H groups in total. The molecule has 32 heavy (non-hydrogen) atoms. The molecule has 2 unspecified atom stereocenters. The van der Waals surface area contributed by atoms with Crippen LogP contribution in [0.25, 0.3) is 0 Å². The average Bonchev–Trinajstić information content (AvgIpc) is 2.77. The highest BCUT2D eigenvalue weighted by Gasteiger charge is 2.39. The second-order valence-corrected chi connectivity index (χ2v) is 8.98. The monoisotopic (exact) mass is 443 g/mol. The zero-order chi connectivity index (χ0) is 23.6. The maximum absolute atomic E-state index is 13.3. The number of carbonyl (C=O) groups excluding carboxylic acids is 3. The van der Waals surface area contributed by atoms with Gasteiger partial charge in [-0.1, -0.05) is 13.0 Å². The summed E-state index contributed by atoms with van der Waals surface area (Å²) in [6, 6.07) is 1.02. The number of ketones is 1. The Hall–Kier alpha value is -3.16. The Morgan fingerprint density at radius 3 is 2.53 bits per heavy atom. The van der Waals surface area contributed by atoms with E-state index in [0.29, 0.717) is 12.1 Å². The van der Waals surface area contributed by atoms with Crippen LogP contribution in [0.3, 0.4) is 0 Å². The quantitative estimate of drug-likeness (QED) is 0.733. The summed E-state index contributed by atoms with van der Waals surface area (Å²) in [5.74, 6) is -2.65. The molecule has 1 heterocycles. The summed E-state index contributed by atoms with van der Waals surface area (Å²) in [6.45, 7) is 6.99. The summed E-state index contributed by atoms with van der Waals surface area (Å²) in [5.41, 5.74) is 0.689. The van der Waals surface area contributed by atoms with Gasteiger partial charge in [-0.2, -0.15) is 0 Å². The molecule has 170 valence electrons. The first-order chi connectivity index (χ1) is 15.0. The van der Waals surface area contributed by atoms with E-state index in [-0.39, 0.29) is 23.7 Å².